The fraction of sp³-hybridized carbons (Fsp3) is 0.286. The monoisotopic (exact) mass is 381 g/mol. The Morgan fingerprint density at radius 2 is 1.86 bits per heavy atom. The molecule has 0 atom stereocenters. The predicted molar refractivity (Wildman–Crippen MR) is 107 cm³/mol. The lowest BCUT2D eigenvalue weighted by Gasteiger charge is -2.18. The van der Waals surface area contributed by atoms with Crippen LogP contribution in [0.5, 0.6) is 0 Å². The maximum atomic E-state index is 12.7. The van der Waals surface area contributed by atoms with Gasteiger partial charge in [-0.15, -0.1) is 0 Å². The van der Waals surface area contributed by atoms with Crippen LogP contribution in [-0.4, -0.2) is 36.1 Å². The Bertz CT molecular complexity index is 867. The van der Waals surface area contributed by atoms with Crippen molar-refractivity contribution in [2.75, 3.05) is 23.3 Å². The highest BCUT2D eigenvalue weighted by molar-refractivity contribution is 5.98. The summed E-state index contributed by atoms with van der Waals surface area (Å²) in [4.78, 5) is 36.9. The van der Waals surface area contributed by atoms with E-state index < -0.39 is 12.0 Å². The molecule has 1 heterocycles. The molecule has 0 radical (unpaired) electrons. The lowest BCUT2D eigenvalue weighted by atomic mass is 10.1. The van der Waals surface area contributed by atoms with Gasteiger partial charge in [-0.3, -0.25) is 9.59 Å². The minimum atomic E-state index is -0.888. The van der Waals surface area contributed by atoms with Crippen molar-refractivity contribution in [2.45, 2.75) is 25.7 Å². The number of hydrogen-bond acceptors (Lipinski definition) is 3. The lowest BCUT2D eigenvalue weighted by Crippen LogP contribution is -2.31. The fourth-order valence-corrected chi connectivity index (χ4v) is 3.20. The predicted octanol–water partition coefficient (Wildman–Crippen LogP) is 2.80. The summed E-state index contributed by atoms with van der Waals surface area (Å²) in [6, 6.07) is 14.8. The molecule has 0 aliphatic carbocycles. The van der Waals surface area contributed by atoms with Crippen molar-refractivity contribution < 1.29 is 19.5 Å². The minimum absolute atomic E-state index is 0.0115. The largest absolute Gasteiger partial charge is 0.481 e. The van der Waals surface area contributed by atoms with E-state index in [-0.39, 0.29) is 18.9 Å². The van der Waals surface area contributed by atoms with Gasteiger partial charge in [-0.2, -0.15) is 0 Å². The Balaban J connectivity index is 1.60. The molecule has 0 spiro atoms. The smallest absolute Gasteiger partial charge is 0.319 e. The Kier molecular flexibility index (Phi) is 6.26. The van der Waals surface area contributed by atoms with E-state index in [4.69, 9.17) is 5.11 Å². The average Bonchev–Trinajstić information content (AvgIpc) is 3.09. The van der Waals surface area contributed by atoms with Crippen LogP contribution in [0.1, 0.15) is 24.0 Å². The standard InChI is InChI=1S/C21H23N3O4/c25-19(13-15-5-2-1-3-6-15)24-12-10-16-8-9-17(14-18(16)24)23-21(28)22-11-4-7-20(26)27/h1-3,5-6,8-9,14H,4,7,10-13H2,(H,26,27)(H2,22,23,28). The number of aliphatic carboxylic acids is 1. The molecule has 1 aliphatic heterocycles. The number of anilines is 2. The van der Waals surface area contributed by atoms with Crippen LogP contribution in [0.2, 0.25) is 0 Å². The van der Waals surface area contributed by atoms with Crippen LogP contribution < -0.4 is 15.5 Å². The molecule has 7 heteroatoms. The van der Waals surface area contributed by atoms with Gasteiger partial charge in [0.15, 0.2) is 0 Å². The third-order valence-corrected chi connectivity index (χ3v) is 4.59. The zero-order chi connectivity index (χ0) is 19.9. The highest BCUT2D eigenvalue weighted by atomic mass is 16.4. The maximum Gasteiger partial charge on any atom is 0.319 e. The summed E-state index contributed by atoms with van der Waals surface area (Å²) in [5, 5.41) is 14.0. The minimum Gasteiger partial charge on any atom is -0.481 e. The van der Waals surface area contributed by atoms with Gasteiger partial charge in [0.25, 0.3) is 0 Å². The molecule has 2 aromatic rings. The van der Waals surface area contributed by atoms with Gasteiger partial charge < -0.3 is 20.6 Å². The summed E-state index contributed by atoms with van der Waals surface area (Å²) in [5.41, 5.74) is 3.46. The second-order valence-corrected chi connectivity index (χ2v) is 6.68. The molecule has 0 unspecified atom stereocenters. The number of hydrogen-bond donors (Lipinski definition) is 3. The molecule has 0 aromatic heterocycles. The van der Waals surface area contributed by atoms with Gasteiger partial charge in [0.05, 0.1) is 6.42 Å². The van der Waals surface area contributed by atoms with E-state index in [2.05, 4.69) is 10.6 Å². The van der Waals surface area contributed by atoms with Crippen LogP contribution >= 0.6 is 0 Å². The van der Waals surface area contributed by atoms with Crippen LogP contribution in [-0.2, 0) is 22.4 Å². The number of carboxylic acid groups (broad SMARTS) is 1. The Morgan fingerprint density at radius 1 is 1.07 bits per heavy atom. The Morgan fingerprint density at radius 3 is 2.61 bits per heavy atom. The number of nitrogens with zero attached hydrogens (tertiary/aromatic N) is 1. The molecule has 2 aromatic carbocycles. The summed E-state index contributed by atoms with van der Waals surface area (Å²) in [6.45, 7) is 0.913. The van der Waals surface area contributed by atoms with Crippen molar-refractivity contribution >= 4 is 29.3 Å². The quantitative estimate of drug-likeness (QED) is 0.642. The third-order valence-electron chi connectivity index (χ3n) is 4.59. The third kappa shape index (κ3) is 5.09. The highest BCUT2D eigenvalue weighted by Gasteiger charge is 2.25. The lowest BCUT2D eigenvalue weighted by molar-refractivity contribution is -0.137. The van der Waals surface area contributed by atoms with Gasteiger partial charge >= 0.3 is 12.0 Å². The van der Waals surface area contributed by atoms with Crippen molar-refractivity contribution in [3.8, 4) is 0 Å². The van der Waals surface area contributed by atoms with Crippen molar-refractivity contribution in [2.24, 2.45) is 0 Å². The molecule has 3 N–H and O–H groups in total. The van der Waals surface area contributed by atoms with E-state index in [0.717, 1.165) is 23.2 Å². The zero-order valence-corrected chi connectivity index (χ0v) is 15.5. The Labute approximate surface area is 163 Å². The molecule has 1 aliphatic rings. The summed E-state index contributed by atoms with van der Waals surface area (Å²) in [5.74, 6) is -0.860. The van der Waals surface area contributed by atoms with E-state index in [1.54, 1.807) is 11.0 Å². The Hall–Kier alpha value is -3.35. The summed E-state index contributed by atoms with van der Waals surface area (Å²) >= 11 is 0. The van der Waals surface area contributed by atoms with Crippen molar-refractivity contribution in [3.63, 3.8) is 0 Å². The van der Waals surface area contributed by atoms with Crippen molar-refractivity contribution in [1.82, 2.24) is 5.32 Å². The van der Waals surface area contributed by atoms with E-state index in [1.165, 1.54) is 0 Å². The van der Waals surface area contributed by atoms with E-state index >= 15 is 0 Å². The van der Waals surface area contributed by atoms with Gasteiger partial charge in [-0.25, -0.2) is 4.79 Å². The normalized spacial score (nSPS) is 12.4. The maximum absolute atomic E-state index is 12.7. The molecule has 0 fully saturated rings. The van der Waals surface area contributed by atoms with Crippen LogP contribution in [0, 0.1) is 0 Å². The van der Waals surface area contributed by atoms with E-state index in [9.17, 15) is 14.4 Å². The first-order valence-electron chi connectivity index (χ1n) is 9.27. The second-order valence-electron chi connectivity index (χ2n) is 6.68. The van der Waals surface area contributed by atoms with Crippen LogP contribution in [0.15, 0.2) is 48.5 Å². The van der Waals surface area contributed by atoms with Crippen LogP contribution in [0.3, 0.4) is 0 Å². The highest BCUT2D eigenvalue weighted by Crippen LogP contribution is 2.31. The number of fused-ring (bicyclic) bond motifs is 1. The van der Waals surface area contributed by atoms with Gasteiger partial charge in [0.1, 0.15) is 0 Å². The molecule has 3 rings (SSSR count). The molecule has 7 nitrogen and oxygen atoms in total. The van der Waals surface area contributed by atoms with Gasteiger partial charge in [-0.1, -0.05) is 36.4 Å². The molecule has 3 amide bonds. The molecule has 0 saturated heterocycles. The molecule has 146 valence electrons. The van der Waals surface area contributed by atoms with Gasteiger partial charge in [0, 0.05) is 30.9 Å². The molecule has 28 heavy (non-hydrogen) atoms. The molecule has 0 bridgehead atoms. The van der Waals surface area contributed by atoms with E-state index in [1.807, 2.05) is 42.5 Å². The van der Waals surface area contributed by atoms with Crippen molar-refractivity contribution in [3.05, 3.63) is 59.7 Å². The number of urea groups is 1. The zero-order valence-electron chi connectivity index (χ0n) is 15.5. The first-order chi connectivity index (χ1) is 13.5. The fourth-order valence-electron chi connectivity index (χ4n) is 3.20. The number of carboxylic acids is 1. The topological polar surface area (TPSA) is 98.7 Å². The second kappa shape index (κ2) is 9.03. The summed E-state index contributed by atoms with van der Waals surface area (Å²) < 4.78 is 0. The first kappa shape index (κ1) is 19.4. The van der Waals surface area contributed by atoms with Crippen molar-refractivity contribution in [1.29, 1.82) is 0 Å². The number of amides is 3. The number of carbonyl (C=O) groups is 3. The number of carbonyl (C=O) groups excluding carboxylic acids is 2. The summed E-state index contributed by atoms with van der Waals surface area (Å²) in [7, 11) is 0. The van der Waals surface area contributed by atoms with Gasteiger partial charge in [-0.05, 0) is 36.1 Å². The summed E-state index contributed by atoms with van der Waals surface area (Å²) in [6.07, 6.45) is 1.51. The molecule has 0 saturated carbocycles. The van der Waals surface area contributed by atoms with Crippen LogP contribution in [0.4, 0.5) is 16.2 Å². The molecular weight excluding hydrogens is 358 g/mol. The van der Waals surface area contributed by atoms with E-state index in [0.29, 0.717) is 25.1 Å². The number of rotatable bonds is 7. The van der Waals surface area contributed by atoms with Crippen LogP contribution in [0.25, 0.3) is 0 Å². The average molecular weight is 381 g/mol. The molecular formula is C21H23N3O4. The SMILES string of the molecule is O=C(O)CCCNC(=O)Nc1ccc2c(c1)N(C(=O)Cc1ccccc1)CC2. The number of benzene rings is 2. The number of nitrogens with one attached hydrogen (secondary N) is 2. The first-order valence-corrected chi connectivity index (χ1v) is 9.27. The van der Waals surface area contributed by atoms with Gasteiger partial charge in [0.2, 0.25) is 5.91 Å².